The highest BCUT2D eigenvalue weighted by atomic mass is 32.2. The zero-order chi connectivity index (χ0) is 12.4. The molecule has 0 aliphatic heterocycles. The molecule has 0 aromatic carbocycles. The lowest BCUT2D eigenvalue weighted by Gasteiger charge is -2.13. The minimum Gasteiger partial charge on any atom is -0.323 e. The van der Waals surface area contributed by atoms with Crippen LogP contribution in [0.2, 0.25) is 0 Å². The normalized spacial score (nSPS) is 12.1. The van der Waals surface area contributed by atoms with E-state index in [0.29, 0.717) is 11.5 Å². The second-order valence-electron chi connectivity index (χ2n) is 2.48. The zero-order valence-corrected chi connectivity index (χ0v) is 11.6. The number of hydrazone groups is 1. The molecule has 0 heterocycles. The summed E-state index contributed by atoms with van der Waals surface area (Å²) < 4.78 is 22.0. The predicted molar refractivity (Wildman–Crippen MR) is 68.6 cm³/mol. The summed E-state index contributed by atoms with van der Waals surface area (Å²) in [4.78, 5) is 11.2. The molecule has 16 heavy (non-hydrogen) atoms. The van der Waals surface area contributed by atoms with E-state index in [4.69, 9.17) is 13.8 Å². The molecule has 0 rings (SSSR count). The van der Waals surface area contributed by atoms with Crippen molar-refractivity contribution in [1.29, 1.82) is 0 Å². The lowest BCUT2D eigenvalue weighted by atomic mass is 10.5. The highest BCUT2D eigenvalue weighted by Crippen LogP contribution is 2.54. The molecule has 0 saturated heterocycles. The Labute approximate surface area is 104 Å². The molecule has 9 heteroatoms. The molecular weight excluding hydrogens is 271 g/mol. The Morgan fingerprint density at radius 2 is 1.88 bits per heavy atom. The largest absolute Gasteiger partial charge is 0.360 e. The molecule has 0 bridgehead atoms. The van der Waals surface area contributed by atoms with Crippen molar-refractivity contribution in [3.63, 3.8) is 0 Å². The van der Waals surface area contributed by atoms with E-state index in [-0.39, 0.29) is 6.16 Å². The minimum atomic E-state index is -3.41. The van der Waals surface area contributed by atoms with Crippen LogP contribution in [0.5, 0.6) is 0 Å². The molecule has 0 aromatic rings. The first kappa shape index (κ1) is 16.0. The van der Waals surface area contributed by atoms with Gasteiger partial charge in [0.15, 0.2) is 5.78 Å². The van der Waals surface area contributed by atoms with Gasteiger partial charge in [-0.05, 0) is 0 Å². The first-order valence-electron chi connectivity index (χ1n) is 4.55. The third kappa shape index (κ3) is 7.29. The molecular formula is C7H15N2O4PS2. The van der Waals surface area contributed by atoms with Gasteiger partial charge in [-0.3, -0.25) is 9.36 Å². The Hall–Kier alpha value is -0.0100. The van der Waals surface area contributed by atoms with E-state index in [1.807, 2.05) is 13.8 Å². The second-order valence-corrected chi connectivity index (χ2v) is 6.83. The maximum absolute atomic E-state index is 12.0. The Kier molecular flexibility index (Phi) is 9.06. The van der Waals surface area contributed by atoms with E-state index in [9.17, 15) is 9.36 Å². The number of hydrogen-bond acceptors (Lipinski definition) is 8. The summed E-state index contributed by atoms with van der Waals surface area (Å²) in [6.45, 7) is 3.68. The number of rotatable bonds is 9. The van der Waals surface area contributed by atoms with Gasteiger partial charge in [0.25, 0.3) is 0 Å². The van der Waals surface area contributed by atoms with Gasteiger partial charge in [0.1, 0.15) is 6.16 Å². The van der Waals surface area contributed by atoms with E-state index in [1.54, 1.807) is 0 Å². The average Bonchev–Trinajstić information content (AvgIpc) is 2.24. The van der Waals surface area contributed by atoms with Gasteiger partial charge in [0, 0.05) is 35.6 Å². The lowest BCUT2D eigenvalue weighted by Crippen LogP contribution is -2.09. The monoisotopic (exact) mass is 286 g/mol. The Balaban J connectivity index is 4.39. The number of carbonyl (C=O) groups excluding carboxylic acids is 1. The number of nitrogens with zero attached hydrogens (tertiary/aromatic N) is 1. The van der Waals surface area contributed by atoms with Crippen molar-refractivity contribution >= 4 is 43.7 Å². The minimum absolute atomic E-state index is 0.353. The maximum Gasteiger partial charge on any atom is 0.360 e. The Morgan fingerprint density at radius 1 is 1.38 bits per heavy atom. The molecule has 0 atom stereocenters. The quantitative estimate of drug-likeness (QED) is 0.228. The van der Waals surface area contributed by atoms with Gasteiger partial charge < -0.3 is 5.84 Å². The molecule has 0 aliphatic carbocycles. The molecule has 0 fully saturated rings. The van der Waals surface area contributed by atoms with Crippen LogP contribution in [0.3, 0.4) is 0 Å². The van der Waals surface area contributed by atoms with Crippen molar-refractivity contribution in [2.24, 2.45) is 10.9 Å². The van der Waals surface area contributed by atoms with Gasteiger partial charge in [-0.2, -0.15) is 5.10 Å². The number of ketones is 1. The summed E-state index contributed by atoms with van der Waals surface area (Å²) in [5, 5.41) is 3.06. The van der Waals surface area contributed by atoms with Gasteiger partial charge in [0.05, 0.1) is 6.21 Å². The van der Waals surface area contributed by atoms with E-state index in [1.165, 1.54) is 0 Å². The molecule has 94 valence electrons. The molecule has 0 aromatic heterocycles. The van der Waals surface area contributed by atoms with Crippen molar-refractivity contribution in [2.75, 3.05) is 17.7 Å². The van der Waals surface area contributed by atoms with Gasteiger partial charge in [-0.15, -0.1) is 0 Å². The van der Waals surface area contributed by atoms with E-state index in [2.05, 4.69) is 5.10 Å². The molecule has 0 unspecified atom stereocenters. The summed E-state index contributed by atoms with van der Waals surface area (Å²) in [5.74, 6) is 5.56. The fourth-order valence-electron chi connectivity index (χ4n) is 0.646. The Bertz CT molecular complexity index is 276. The maximum atomic E-state index is 12.0. The van der Waals surface area contributed by atoms with Gasteiger partial charge in [-0.1, -0.05) is 13.8 Å². The highest BCUT2D eigenvalue weighted by molar-refractivity contribution is 8.01. The van der Waals surface area contributed by atoms with Gasteiger partial charge in [-0.25, -0.2) is 7.94 Å². The third-order valence-corrected chi connectivity index (χ3v) is 4.97. The zero-order valence-electron chi connectivity index (χ0n) is 9.12. The first-order valence-corrected chi connectivity index (χ1v) is 8.10. The van der Waals surface area contributed by atoms with Crippen LogP contribution < -0.4 is 5.84 Å². The Morgan fingerprint density at radius 3 is 2.25 bits per heavy atom. The highest BCUT2D eigenvalue weighted by Gasteiger charge is 2.29. The molecule has 0 aliphatic rings. The summed E-state index contributed by atoms with van der Waals surface area (Å²) in [6, 6.07) is 0. The van der Waals surface area contributed by atoms with Crippen molar-refractivity contribution < 1.29 is 17.3 Å². The van der Waals surface area contributed by atoms with Crippen LogP contribution in [0.1, 0.15) is 13.8 Å². The molecule has 0 radical (unpaired) electrons. The molecule has 0 saturated carbocycles. The number of Topliss-reactive ketones (excluding diaryl/α,β-unsaturated/α-hetero) is 1. The van der Waals surface area contributed by atoms with Crippen LogP contribution >= 0.6 is 31.7 Å². The fourth-order valence-corrected chi connectivity index (χ4v) is 3.98. The second kappa shape index (κ2) is 9.07. The van der Waals surface area contributed by atoms with Gasteiger partial charge in [0.2, 0.25) is 0 Å². The molecule has 2 N–H and O–H groups in total. The van der Waals surface area contributed by atoms with Crippen molar-refractivity contribution in [3.05, 3.63) is 0 Å². The van der Waals surface area contributed by atoms with E-state index < -0.39 is 13.4 Å². The summed E-state index contributed by atoms with van der Waals surface area (Å²) in [7, 11) is -3.41. The van der Waals surface area contributed by atoms with Crippen LogP contribution in [0, 0.1) is 0 Å². The summed E-state index contributed by atoms with van der Waals surface area (Å²) >= 11 is 1.99. The number of hydrogen-bond donors (Lipinski definition) is 1. The van der Waals surface area contributed by atoms with Crippen molar-refractivity contribution in [3.8, 4) is 0 Å². The standard InChI is InChI=1S/C7H15N2O4PS2/c1-3-15-12-14(11,13-16-4-2)6-7(10)5-9-8/h5H,3-4,6,8H2,1-2H3. The molecule has 0 spiro atoms. The van der Waals surface area contributed by atoms with E-state index >= 15 is 0 Å². The van der Waals surface area contributed by atoms with Gasteiger partial charge >= 0.3 is 7.60 Å². The first-order chi connectivity index (χ1) is 7.58. The van der Waals surface area contributed by atoms with Crippen molar-refractivity contribution in [1.82, 2.24) is 0 Å². The predicted octanol–water partition coefficient (Wildman–Crippen LogP) is 2.06. The van der Waals surface area contributed by atoms with Crippen LogP contribution in [-0.4, -0.2) is 29.7 Å². The topological polar surface area (TPSA) is 91.0 Å². The van der Waals surface area contributed by atoms with Crippen molar-refractivity contribution in [2.45, 2.75) is 13.8 Å². The van der Waals surface area contributed by atoms with E-state index in [0.717, 1.165) is 30.3 Å². The van der Waals surface area contributed by atoms with Crippen LogP contribution in [0.15, 0.2) is 5.10 Å². The van der Waals surface area contributed by atoms with Crippen LogP contribution in [-0.2, 0) is 17.3 Å². The smallest absolute Gasteiger partial charge is 0.323 e. The fraction of sp³-hybridized carbons (Fsp3) is 0.714. The molecule has 0 amide bonds. The third-order valence-electron chi connectivity index (χ3n) is 1.14. The van der Waals surface area contributed by atoms with Crippen LogP contribution in [0.25, 0.3) is 0 Å². The lowest BCUT2D eigenvalue weighted by molar-refractivity contribution is -0.110. The van der Waals surface area contributed by atoms with Crippen LogP contribution in [0.4, 0.5) is 0 Å². The summed E-state index contributed by atoms with van der Waals surface area (Å²) in [6.07, 6.45) is 0.542. The number of carbonyl (C=O) groups is 1. The average molecular weight is 286 g/mol. The number of nitrogens with two attached hydrogens (primary N) is 1. The SMILES string of the molecule is CCSOP(=O)(CC(=O)C=NN)OSCC. The molecule has 6 nitrogen and oxygen atoms in total. The summed E-state index contributed by atoms with van der Waals surface area (Å²) in [5.41, 5.74) is 0.